The fourth-order valence-electron chi connectivity index (χ4n) is 3.26. The Kier molecular flexibility index (Phi) is 3.82. The number of ketones is 2. The Balaban J connectivity index is 1.99. The zero-order chi connectivity index (χ0) is 20.0. The number of nitrogens with one attached hydrogen (secondary N) is 1. The van der Waals surface area contributed by atoms with Crippen molar-refractivity contribution in [2.45, 2.75) is 0 Å². The summed E-state index contributed by atoms with van der Waals surface area (Å²) < 4.78 is 0. The van der Waals surface area contributed by atoms with E-state index in [9.17, 15) is 29.9 Å². The van der Waals surface area contributed by atoms with E-state index in [1.54, 1.807) is 30.3 Å². The van der Waals surface area contributed by atoms with E-state index in [-0.39, 0.29) is 33.6 Å². The number of rotatable bonds is 3. The van der Waals surface area contributed by atoms with Gasteiger partial charge in [-0.15, -0.1) is 0 Å². The molecule has 0 amide bonds. The second-order valence-corrected chi connectivity index (χ2v) is 6.18. The minimum absolute atomic E-state index is 0.0671. The quantitative estimate of drug-likeness (QED) is 0.368. The largest absolute Gasteiger partial charge is 0.508 e. The molecule has 138 valence electrons. The smallest absolute Gasteiger partial charge is 0.293 e. The van der Waals surface area contributed by atoms with Crippen molar-refractivity contribution in [1.29, 1.82) is 0 Å². The van der Waals surface area contributed by atoms with Crippen LogP contribution in [0.25, 0.3) is 0 Å². The van der Waals surface area contributed by atoms with Crippen molar-refractivity contribution >= 4 is 28.6 Å². The van der Waals surface area contributed by atoms with E-state index in [4.69, 9.17) is 0 Å². The molecular formula is C20H12N2O6. The highest BCUT2D eigenvalue weighted by atomic mass is 16.6. The summed E-state index contributed by atoms with van der Waals surface area (Å²) in [4.78, 5) is 36.9. The van der Waals surface area contributed by atoms with Crippen LogP contribution in [-0.2, 0) is 0 Å². The van der Waals surface area contributed by atoms with Gasteiger partial charge in [0, 0.05) is 28.9 Å². The van der Waals surface area contributed by atoms with Crippen LogP contribution in [0, 0.1) is 10.1 Å². The molecule has 0 saturated carbocycles. The summed E-state index contributed by atoms with van der Waals surface area (Å²) in [7, 11) is 0. The molecule has 0 saturated heterocycles. The van der Waals surface area contributed by atoms with Crippen molar-refractivity contribution in [3.05, 3.63) is 87.0 Å². The van der Waals surface area contributed by atoms with Crippen molar-refractivity contribution in [1.82, 2.24) is 0 Å². The highest BCUT2D eigenvalue weighted by molar-refractivity contribution is 6.31. The van der Waals surface area contributed by atoms with E-state index < -0.39 is 28.0 Å². The minimum atomic E-state index is -0.710. The Bertz CT molecular complexity index is 1170. The van der Waals surface area contributed by atoms with Gasteiger partial charge in [0.2, 0.25) is 0 Å². The van der Waals surface area contributed by atoms with Crippen LogP contribution in [0.2, 0.25) is 0 Å². The van der Waals surface area contributed by atoms with Crippen LogP contribution in [0.5, 0.6) is 11.5 Å². The number of nitrogens with zero attached hydrogens (tertiary/aromatic N) is 1. The Hall–Kier alpha value is -4.20. The van der Waals surface area contributed by atoms with Gasteiger partial charge >= 0.3 is 0 Å². The predicted octanol–water partition coefficient (Wildman–Crippen LogP) is 3.53. The summed E-state index contributed by atoms with van der Waals surface area (Å²) in [5.41, 5.74) is -0.717. The number of carbonyl (C=O) groups is 2. The van der Waals surface area contributed by atoms with E-state index in [2.05, 4.69) is 5.32 Å². The maximum absolute atomic E-state index is 13.1. The zero-order valence-corrected chi connectivity index (χ0v) is 14.2. The van der Waals surface area contributed by atoms with E-state index in [0.29, 0.717) is 5.69 Å². The maximum Gasteiger partial charge on any atom is 0.293 e. The molecule has 0 fully saturated rings. The molecule has 0 spiro atoms. The summed E-state index contributed by atoms with van der Waals surface area (Å²) in [5.74, 6) is -2.30. The first-order chi connectivity index (χ1) is 13.4. The molecule has 4 rings (SSSR count). The minimum Gasteiger partial charge on any atom is -0.508 e. The molecule has 0 bridgehead atoms. The van der Waals surface area contributed by atoms with Gasteiger partial charge in [-0.05, 0) is 24.3 Å². The lowest BCUT2D eigenvalue weighted by Gasteiger charge is -2.21. The number of fused-ring (bicyclic) bond motifs is 2. The molecule has 3 aromatic carbocycles. The van der Waals surface area contributed by atoms with Crippen molar-refractivity contribution in [2.75, 3.05) is 5.32 Å². The molecule has 3 aromatic rings. The fraction of sp³-hybridized carbons (Fsp3) is 0. The number of hydrogen-bond acceptors (Lipinski definition) is 7. The van der Waals surface area contributed by atoms with Gasteiger partial charge in [-0.25, -0.2) is 0 Å². The number of phenols is 2. The Morgan fingerprint density at radius 3 is 2.21 bits per heavy atom. The third kappa shape index (κ3) is 2.55. The molecule has 0 atom stereocenters. The Morgan fingerprint density at radius 1 is 0.857 bits per heavy atom. The lowest BCUT2D eigenvalue weighted by Crippen LogP contribution is -2.23. The van der Waals surface area contributed by atoms with E-state index >= 15 is 0 Å². The third-order valence-corrected chi connectivity index (χ3v) is 4.47. The van der Waals surface area contributed by atoms with E-state index in [0.717, 1.165) is 18.2 Å². The van der Waals surface area contributed by atoms with Crippen LogP contribution in [0.3, 0.4) is 0 Å². The Labute approximate surface area is 157 Å². The highest BCUT2D eigenvalue weighted by Gasteiger charge is 2.37. The topological polar surface area (TPSA) is 130 Å². The number of anilines is 2. The SMILES string of the molecule is O=C1c2ccc([N+](=O)[O-])c(Nc3ccccc3)c2C(=O)c2cc(O)cc(O)c21. The summed E-state index contributed by atoms with van der Waals surface area (Å²) in [6.07, 6.45) is 0. The normalized spacial score (nSPS) is 12.3. The molecule has 0 radical (unpaired) electrons. The number of hydrogen-bond donors (Lipinski definition) is 3. The van der Waals surface area contributed by atoms with Gasteiger partial charge < -0.3 is 15.5 Å². The monoisotopic (exact) mass is 376 g/mol. The molecule has 8 heteroatoms. The summed E-state index contributed by atoms with van der Waals surface area (Å²) >= 11 is 0. The Morgan fingerprint density at radius 2 is 1.54 bits per heavy atom. The van der Waals surface area contributed by atoms with Gasteiger partial charge in [-0.3, -0.25) is 19.7 Å². The molecule has 3 N–H and O–H groups in total. The lowest BCUT2D eigenvalue weighted by molar-refractivity contribution is -0.383. The molecule has 0 aromatic heterocycles. The fourth-order valence-corrected chi connectivity index (χ4v) is 3.26. The zero-order valence-electron chi connectivity index (χ0n) is 14.2. The average molecular weight is 376 g/mol. The standard InChI is InChI=1S/C20H12N2O6/c23-11-8-13-16(15(24)9-11)19(25)12-6-7-14(22(27)28)18(17(12)20(13)26)21-10-4-2-1-3-5-10/h1-9,21,23-24H. The molecule has 0 aliphatic heterocycles. The van der Waals surface area contributed by atoms with Gasteiger partial charge in [-0.1, -0.05) is 18.2 Å². The van der Waals surface area contributed by atoms with Crippen molar-refractivity contribution in [3.63, 3.8) is 0 Å². The van der Waals surface area contributed by atoms with Crippen LogP contribution in [0.4, 0.5) is 17.1 Å². The summed E-state index contributed by atoms with van der Waals surface area (Å²) in [5, 5.41) is 34.1. The molecule has 0 heterocycles. The average Bonchev–Trinajstić information content (AvgIpc) is 2.66. The molecule has 1 aliphatic carbocycles. The second-order valence-electron chi connectivity index (χ2n) is 6.18. The van der Waals surface area contributed by atoms with Gasteiger partial charge in [0.15, 0.2) is 11.6 Å². The van der Waals surface area contributed by atoms with E-state index in [1.807, 2.05) is 0 Å². The first-order valence-corrected chi connectivity index (χ1v) is 8.17. The number of phenolic OH excluding ortho intramolecular Hbond substituents is 2. The number of nitro groups is 1. The van der Waals surface area contributed by atoms with E-state index in [1.165, 1.54) is 6.07 Å². The summed E-state index contributed by atoms with van der Waals surface area (Å²) in [6.45, 7) is 0. The van der Waals surface area contributed by atoms with Crippen molar-refractivity contribution < 1.29 is 24.7 Å². The number of aromatic hydroxyl groups is 2. The molecule has 28 heavy (non-hydrogen) atoms. The van der Waals surface area contributed by atoms with Gasteiger partial charge in [0.1, 0.15) is 17.2 Å². The molecule has 8 nitrogen and oxygen atoms in total. The van der Waals surface area contributed by atoms with Crippen LogP contribution in [-0.4, -0.2) is 26.7 Å². The second kappa shape index (κ2) is 6.20. The number of carbonyl (C=O) groups excluding carboxylic acids is 2. The van der Waals surface area contributed by atoms with Gasteiger partial charge in [0.25, 0.3) is 5.69 Å². The highest BCUT2D eigenvalue weighted by Crippen LogP contribution is 2.42. The van der Waals surface area contributed by atoms with Crippen molar-refractivity contribution in [2.24, 2.45) is 0 Å². The van der Waals surface area contributed by atoms with Crippen LogP contribution >= 0.6 is 0 Å². The van der Waals surface area contributed by atoms with Crippen LogP contribution in [0.15, 0.2) is 54.6 Å². The first kappa shape index (κ1) is 17.2. The summed E-state index contributed by atoms with van der Waals surface area (Å²) in [6, 6.07) is 12.8. The number of benzene rings is 3. The van der Waals surface area contributed by atoms with Crippen molar-refractivity contribution in [3.8, 4) is 11.5 Å². The number of para-hydroxylation sites is 1. The molecule has 0 unspecified atom stereocenters. The maximum atomic E-state index is 13.1. The van der Waals surface area contributed by atoms with Gasteiger partial charge in [0.05, 0.1) is 16.1 Å². The predicted molar refractivity (Wildman–Crippen MR) is 99.5 cm³/mol. The first-order valence-electron chi connectivity index (χ1n) is 8.17. The van der Waals surface area contributed by atoms with Crippen LogP contribution in [0.1, 0.15) is 31.8 Å². The van der Waals surface area contributed by atoms with Crippen LogP contribution < -0.4 is 5.32 Å². The third-order valence-electron chi connectivity index (χ3n) is 4.47. The number of nitro benzene ring substituents is 1. The molecule has 1 aliphatic rings. The molecular weight excluding hydrogens is 364 g/mol. The lowest BCUT2D eigenvalue weighted by atomic mass is 9.82. The van der Waals surface area contributed by atoms with Gasteiger partial charge in [-0.2, -0.15) is 0 Å².